The molecule has 0 bridgehead atoms. The van der Waals surface area contributed by atoms with Gasteiger partial charge in [0.2, 0.25) is 5.91 Å². The molecule has 8 heteroatoms. The van der Waals surface area contributed by atoms with Crippen molar-refractivity contribution in [1.82, 2.24) is 30.1 Å². The van der Waals surface area contributed by atoms with E-state index < -0.39 is 0 Å². The molecule has 2 aromatic heterocycles. The highest BCUT2D eigenvalue weighted by molar-refractivity contribution is 5.79. The van der Waals surface area contributed by atoms with E-state index in [-0.39, 0.29) is 30.0 Å². The van der Waals surface area contributed by atoms with Gasteiger partial charge < -0.3 is 5.32 Å². The maximum Gasteiger partial charge on any atom is 0.266 e. The molecule has 4 rings (SSSR count). The van der Waals surface area contributed by atoms with Gasteiger partial charge in [-0.3, -0.25) is 9.59 Å². The Hall–Kier alpha value is -3.03. The number of aromatic nitrogens is 5. The number of hydrogen-bond donors (Lipinski definition) is 1. The van der Waals surface area contributed by atoms with Gasteiger partial charge >= 0.3 is 0 Å². The van der Waals surface area contributed by atoms with Crippen LogP contribution in [0, 0.1) is 5.92 Å². The van der Waals surface area contributed by atoms with Crippen molar-refractivity contribution in [3.8, 4) is 0 Å². The molecule has 1 aliphatic carbocycles. The van der Waals surface area contributed by atoms with Crippen LogP contribution < -0.4 is 10.9 Å². The van der Waals surface area contributed by atoms with Crippen LogP contribution in [0.1, 0.15) is 38.3 Å². The molecule has 8 nitrogen and oxygen atoms in total. The normalized spacial score (nSPS) is 15.1. The maximum atomic E-state index is 12.6. The number of nitrogens with one attached hydrogen (secondary N) is 1. The van der Waals surface area contributed by atoms with Gasteiger partial charge in [0.15, 0.2) is 0 Å². The predicted octanol–water partition coefficient (Wildman–Crippen LogP) is 1.71. The fourth-order valence-corrected chi connectivity index (χ4v) is 3.22. The largest absolute Gasteiger partial charge is 0.350 e. The summed E-state index contributed by atoms with van der Waals surface area (Å²) in [5, 5.41) is 15.7. The number of amides is 1. The number of para-hydroxylation sites is 1. The van der Waals surface area contributed by atoms with Gasteiger partial charge in [0.05, 0.1) is 23.8 Å². The van der Waals surface area contributed by atoms with E-state index in [9.17, 15) is 9.59 Å². The molecular weight excluding hydrogens is 356 g/mol. The van der Waals surface area contributed by atoms with Crippen LogP contribution in [-0.2, 0) is 17.9 Å². The van der Waals surface area contributed by atoms with E-state index in [0.29, 0.717) is 12.5 Å². The van der Waals surface area contributed by atoms with Crippen molar-refractivity contribution in [3.63, 3.8) is 0 Å². The Balaban J connectivity index is 1.47. The third-order valence-electron chi connectivity index (χ3n) is 5.12. The summed E-state index contributed by atoms with van der Waals surface area (Å²) in [4.78, 5) is 24.8. The smallest absolute Gasteiger partial charge is 0.266 e. The van der Waals surface area contributed by atoms with E-state index in [1.165, 1.54) is 4.68 Å². The lowest BCUT2D eigenvalue weighted by molar-refractivity contribution is -0.123. The Morgan fingerprint density at radius 2 is 1.96 bits per heavy atom. The molecule has 28 heavy (non-hydrogen) atoms. The first-order chi connectivity index (χ1) is 13.5. The van der Waals surface area contributed by atoms with Crippen molar-refractivity contribution in [1.29, 1.82) is 0 Å². The number of nitrogens with zero attached hydrogens (tertiary/aromatic N) is 5. The molecular formula is C20H24N6O2. The average molecular weight is 380 g/mol. The van der Waals surface area contributed by atoms with E-state index >= 15 is 0 Å². The van der Waals surface area contributed by atoms with E-state index in [1.807, 2.05) is 44.2 Å². The van der Waals surface area contributed by atoms with Gasteiger partial charge in [0.25, 0.3) is 5.56 Å². The lowest BCUT2D eigenvalue weighted by Crippen LogP contribution is -2.45. The molecule has 1 amide bonds. The first-order valence-corrected chi connectivity index (χ1v) is 9.67. The monoisotopic (exact) mass is 380 g/mol. The second-order valence-electron chi connectivity index (χ2n) is 7.71. The van der Waals surface area contributed by atoms with Gasteiger partial charge in [-0.2, -0.15) is 5.10 Å². The fraction of sp³-hybridized carbons (Fsp3) is 0.450. The zero-order valence-corrected chi connectivity index (χ0v) is 16.1. The highest BCUT2D eigenvalue weighted by Crippen LogP contribution is 2.38. The molecule has 1 aromatic carbocycles. The summed E-state index contributed by atoms with van der Waals surface area (Å²) in [7, 11) is 0. The summed E-state index contributed by atoms with van der Waals surface area (Å²) in [6, 6.07) is 10.7. The fourth-order valence-electron chi connectivity index (χ4n) is 3.22. The van der Waals surface area contributed by atoms with Gasteiger partial charge in [-0.1, -0.05) is 31.2 Å². The van der Waals surface area contributed by atoms with Crippen LogP contribution in [0.3, 0.4) is 0 Å². The summed E-state index contributed by atoms with van der Waals surface area (Å²) in [6.07, 6.45) is 2.25. The van der Waals surface area contributed by atoms with Crippen molar-refractivity contribution >= 4 is 16.9 Å². The van der Waals surface area contributed by atoms with Crippen LogP contribution in [-0.4, -0.2) is 36.7 Å². The molecule has 146 valence electrons. The molecule has 1 aliphatic rings. The van der Waals surface area contributed by atoms with Crippen LogP contribution in [0.15, 0.2) is 41.2 Å². The van der Waals surface area contributed by atoms with Crippen molar-refractivity contribution in [2.24, 2.45) is 5.92 Å². The lowest BCUT2D eigenvalue weighted by atomic mass is 10.0. The van der Waals surface area contributed by atoms with Crippen molar-refractivity contribution in [2.75, 3.05) is 0 Å². The maximum absolute atomic E-state index is 12.6. The van der Waals surface area contributed by atoms with Gasteiger partial charge in [0, 0.05) is 12.0 Å². The van der Waals surface area contributed by atoms with Crippen LogP contribution >= 0.6 is 0 Å². The Kier molecular flexibility index (Phi) is 4.93. The minimum Gasteiger partial charge on any atom is -0.350 e. The van der Waals surface area contributed by atoms with Gasteiger partial charge in [-0.05, 0) is 37.0 Å². The van der Waals surface area contributed by atoms with Crippen LogP contribution in [0.25, 0.3) is 11.0 Å². The molecule has 0 unspecified atom stereocenters. The molecule has 0 radical (unpaired) electrons. The van der Waals surface area contributed by atoms with E-state index in [0.717, 1.165) is 29.6 Å². The lowest BCUT2D eigenvalue weighted by Gasteiger charge is -2.23. The zero-order chi connectivity index (χ0) is 19.7. The highest BCUT2D eigenvalue weighted by Gasteiger charge is 2.26. The molecule has 1 fully saturated rings. The summed E-state index contributed by atoms with van der Waals surface area (Å²) in [5.41, 5.74) is 2.38. The molecule has 0 saturated heterocycles. The number of hydrogen-bond acceptors (Lipinski definition) is 5. The molecule has 3 aromatic rings. The predicted molar refractivity (Wildman–Crippen MR) is 105 cm³/mol. The highest BCUT2D eigenvalue weighted by atomic mass is 16.2. The van der Waals surface area contributed by atoms with Crippen molar-refractivity contribution < 1.29 is 4.79 Å². The Morgan fingerprint density at radius 1 is 1.18 bits per heavy atom. The van der Waals surface area contributed by atoms with Crippen molar-refractivity contribution in [3.05, 3.63) is 52.4 Å². The molecule has 1 saturated carbocycles. The topological polar surface area (TPSA) is 94.7 Å². The minimum atomic E-state index is -0.207. The van der Waals surface area contributed by atoms with Gasteiger partial charge in [-0.25, -0.2) is 9.36 Å². The standard InChI is InChI=1S/C20H24N6O2/c1-13(2)17(11-26-20(28)10-9-15(23-26)14-7-8-14)21-19(27)12-25-18-6-4-3-5-16(18)22-24-25/h3-6,9-10,13-14,17H,7-8,11-12H2,1-2H3,(H,21,27)/t17-/m1/s1. The summed E-state index contributed by atoms with van der Waals surface area (Å²) >= 11 is 0. The Morgan fingerprint density at radius 3 is 2.71 bits per heavy atom. The summed E-state index contributed by atoms with van der Waals surface area (Å²) < 4.78 is 3.06. The molecule has 2 heterocycles. The third kappa shape index (κ3) is 3.95. The zero-order valence-electron chi connectivity index (χ0n) is 16.1. The van der Waals surface area contributed by atoms with Crippen LogP contribution in [0.4, 0.5) is 0 Å². The Labute approximate surface area is 162 Å². The number of carbonyl (C=O) groups is 1. The number of fused-ring (bicyclic) bond motifs is 1. The van der Waals surface area contributed by atoms with Crippen LogP contribution in [0.2, 0.25) is 0 Å². The van der Waals surface area contributed by atoms with Crippen molar-refractivity contribution in [2.45, 2.75) is 51.7 Å². The van der Waals surface area contributed by atoms with E-state index in [4.69, 9.17) is 0 Å². The number of carbonyl (C=O) groups excluding carboxylic acids is 1. The quantitative estimate of drug-likeness (QED) is 0.673. The first kappa shape index (κ1) is 18.3. The summed E-state index contributed by atoms with van der Waals surface area (Å²) in [5.74, 6) is 0.454. The summed E-state index contributed by atoms with van der Waals surface area (Å²) in [6.45, 7) is 4.46. The van der Waals surface area contributed by atoms with Crippen LogP contribution in [0.5, 0.6) is 0 Å². The molecule has 0 aliphatic heterocycles. The number of rotatable bonds is 7. The van der Waals surface area contributed by atoms with Gasteiger partial charge in [-0.15, -0.1) is 5.10 Å². The second kappa shape index (κ2) is 7.53. The molecule has 0 spiro atoms. The molecule has 1 N–H and O–H groups in total. The van der Waals surface area contributed by atoms with Gasteiger partial charge in [0.1, 0.15) is 12.1 Å². The second-order valence-corrected chi connectivity index (χ2v) is 7.71. The average Bonchev–Trinajstić information content (AvgIpc) is 3.45. The van der Waals surface area contributed by atoms with E-state index in [1.54, 1.807) is 10.7 Å². The first-order valence-electron chi connectivity index (χ1n) is 9.67. The van der Waals surface area contributed by atoms with E-state index in [2.05, 4.69) is 20.7 Å². The minimum absolute atomic E-state index is 0.0776. The molecule has 1 atom stereocenters. The Bertz CT molecular complexity index is 1050. The number of benzene rings is 1. The SMILES string of the molecule is CC(C)[C@@H](Cn1nc(C2CC2)ccc1=O)NC(=O)Cn1nnc2ccccc21. The third-order valence-corrected chi connectivity index (χ3v) is 5.12.